The molecule has 1 spiro atoms. The number of hydrogen-bond donors (Lipinski definition) is 2. The molecule has 1 amide bonds. The summed E-state index contributed by atoms with van der Waals surface area (Å²) in [5, 5.41) is 3.40. The van der Waals surface area contributed by atoms with Crippen molar-refractivity contribution in [2.75, 3.05) is 32.8 Å². The van der Waals surface area contributed by atoms with Crippen molar-refractivity contribution in [2.24, 2.45) is 11.7 Å². The molecule has 3 fully saturated rings. The number of nitrogens with one attached hydrogen (secondary N) is 1. The van der Waals surface area contributed by atoms with E-state index in [1.54, 1.807) is 0 Å². The molecule has 3 rings (SSSR count). The van der Waals surface area contributed by atoms with E-state index in [-0.39, 0.29) is 17.4 Å². The van der Waals surface area contributed by atoms with Crippen LogP contribution in [0.1, 0.15) is 32.1 Å². The molecule has 0 unspecified atom stereocenters. The van der Waals surface area contributed by atoms with Crippen molar-refractivity contribution in [3.05, 3.63) is 0 Å². The molecule has 3 aliphatic heterocycles. The van der Waals surface area contributed by atoms with E-state index in [0.29, 0.717) is 6.04 Å². The van der Waals surface area contributed by atoms with Crippen LogP contribution in [-0.2, 0) is 9.53 Å². The Balaban J connectivity index is 1.53. The van der Waals surface area contributed by atoms with E-state index < -0.39 is 0 Å². The van der Waals surface area contributed by atoms with Gasteiger partial charge in [0.25, 0.3) is 0 Å². The summed E-state index contributed by atoms with van der Waals surface area (Å²) in [7, 11) is 0. The summed E-state index contributed by atoms with van der Waals surface area (Å²) in [5.41, 5.74) is 5.52. The third-order valence-corrected chi connectivity index (χ3v) is 5.15. The topological polar surface area (TPSA) is 67.6 Å². The Morgan fingerprint density at radius 3 is 2.58 bits per heavy atom. The van der Waals surface area contributed by atoms with Gasteiger partial charge in [0, 0.05) is 12.0 Å². The lowest BCUT2D eigenvalue weighted by Gasteiger charge is -2.36. The van der Waals surface area contributed by atoms with E-state index in [0.717, 1.165) is 64.9 Å². The second-order valence-electron chi connectivity index (χ2n) is 6.31. The van der Waals surface area contributed by atoms with E-state index >= 15 is 0 Å². The first-order valence-electron chi connectivity index (χ1n) is 7.57. The van der Waals surface area contributed by atoms with Crippen molar-refractivity contribution in [3.63, 3.8) is 0 Å². The van der Waals surface area contributed by atoms with E-state index in [9.17, 15) is 4.79 Å². The summed E-state index contributed by atoms with van der Waals surface area (Å²) in [5.74, 6) is -0.0384. The number of piperidine rings is 2. The Morgan fingerprint density at radius 2 is 1.95 bits per heavy atom. The van der Waals surface area contributed by atoms with Gasteiger partial charge in [-0.05, 0) is 58.3 Å². The van der Waals surface area contributed by atoms with Crippen LogP contribution in [0, 0.1) is 5.92 Å². The fraction of sp³-hybridized carbons (Fsp3) is 0.929. The number of likely N-dealkylation sites (tertiary alicyclic amines) is 1. The Morgan fingerprint density at radius 1 is 1.26 bits per heavy atom. The predicted octanol–water partition coefficient (Wildman–Crippen LogP) is 0.0948. The fourth-order valence-electron chi connectivity index (χ4n) is 3.83. The molecule has 3 saturated heterocycles. The van der Waals surface area contributed by atoms with Gasteiger partial charge in [0.05, 0.1) is 12.2 Å². The standard InChI is InChI=1S/C14H25N3O2/c15-13(18)11-1-7-17(8-2-11)12-9-14(19-10-12)3-5-16-6-4-14/h11-12,16H,1-10H2,(H2,15,18)/t12-/m1/s1. The summed E-state index contributed by atoms with van der Waals surface area (Å²) in [6.07, 6.45) is 5.28. The molecule has 108 valence electrons. The molecule has 5 nitrogen and oxygen atoms in total. The van der Waals surface area contributed by atoms with Gasteiger partial charge < -0.3 is 15.8 Å². The average molecular weight is 267 g/mol. The minimum absolute atomic E-state index is 0.0893. The fourth-order valence-corrected chi connectivity index (χ4v) is 3.83. The average Bonchev–Trinajstić information content (AvgIpc) is 2.83. The van der Waals surface area contributed by atoms with Gasteiger partial charge in [0.1, 0.15) is 0 Å². The summed E-state index contributed by atoms with van der Waals surface area (Å²) >= 11 is 0. The molecular formula is C14H25N3O2. The molecular weight excluding hydrogens is 242 g/mol. The van der Waals surface area contributed by atoms with E-state index in [4.69, 9.17) is 10.5 Å². The Kier molecular flexibility index (Phi) is 3.78. The van der Waals surface area contributed by atoms with Crippen LogP contribution in [0.3, 0.4) is 0 Å². The molecule has 0 radical (unpaired) electrons. The SMILES string of the molecule is NC(=O)C1CCN([C@H]2COC3(CCNCC3)C2)CC1. The summed E-state index contributed by atoms with van der Waals surface area (Å²) < 4.78 is 6.15. The summed E-state index contributed by atoms with van der Waals surface area (Å²) in [6, 6.07) is 0.548. The molecule has 0 bridgehead atoms. The first kappa shape index (κ1) is 13.3. The molecule has 3 N–H and O–H groups in total. The lowest BCUT2D eigenvalue weighted by Crippen LogP contribution is -2.46. The predicted molar refractivity (Wildman–Crippen MR) is 72.7 cm³/mol. The highest BCUT2D eigenvalue weighted by Gasteiger charge is 2.43. The van der Waals surface area contributed by atoms with Gasteiger partial charge in [-0.25, -0.2) is 0 Å². The lowest BCUT2D eigenvalue weighted by molar-refractivity contribution is -0.123. The van der Waals surface area contributed by atoms with Gasteiger partial charge in [-0.15, -0.1) is 0 Å². The van der Waals surface area contributed by atoms with Crippen molar-refractivity contribution in [3.8, 4) is 0 Å². The van der Waals surface area contributed by atoms with Gasteiger partial charge >= 0.3 is 0 Å². The van der Waals surface area contributed by atoms with E-state index in [1.807, 2.05) is 0 Å². The number of hydrogen-bond acceptors (Lipinski definition) is 4. The second-order valence-corrected chi connectivity index (χ2v) is 6.31. The maximum absolute atomic E-state index is 11.2. The highest BCUT2D eigenvalue weighted by Crippen LogP contribution is 2.36. The third kappa shape index (κ3) is 2.78. The van der Waals surface area contributed by atoms with E-state index in [2.05, 4.69) is 10.2 Å². The molecule has 0 aromatic carbocycles. The largest absolute Gasteiger partial charge is 0.373 e. The van der Waals surface area contributed by atoms with Gasteiger partial charge in [0.15, 0.2) is 0 Å². The first-order chi connectivity index (χ1) is 9.19. The molecule has 0 saturated carbocycles. The zero-order chi connectivity index (χ0) is 13.3. The number of nitrogens with zero attached hydrogens (tertiary/aromatic N) is 1. The number of amides is 1. The normalized spacial score (nSPS) is 32.7. The Bertz CT molecular complexity index is 334. The van der Waals surface area contributed by atoms with Crippen LogP contribution in [0.4, 0.5) is 0 Å². The van der Waals surface area contributed by atoms with E-state index in [1.165, 1.54) is 0 Å². The van der Waals surface area contributed by atoms with Crippen LogP contribution < -0.4 is 11.1 Å². The van der Waals surface area contributed by atoms with Crippen LogP contribution in [0.25, 0.3) is 0 Å². The van der Waals surface area contributed by atoms with Gasteiger partial charge in [0.2, 0.25) is 5.91 Å². The highest BCUT2D eigenvalue weighted by molar-refractivity contribution is 5.76. The van der Waals surface area contributed by atoms with Gasteiger partial charge in [-0.1, -0.05) is 0 Å². The number of primary amides is 1. The second kappa shape index (κ2) is 5.38. The molecule has 0 aromatic rings. The van der Waals surface area contributed by atoms with Crippen molar-refractivity contribution >= 4 is 5.91 Å². The minimum Gasteiger partial charge on any atom is -0.373 e. The van der Waals surface area contributed by atoms with Crippen LogP contribution >= 0.6 is 0 Å². The number of rotatable bonds is 2. The summed E-state index contributed by atoms with van der Waals surface area (Å²) in [4.78, 5) is 13.7. The zero-order valence-electron chi connectivity index (χ0n) is 11.6. The van der Waals surface area contributed by atoms with Crippen LogP contribution in [0.5, 0.6) is 0 Å². The van der Waals surface area contributed by atoms with Crippen LogP contribution in [0.15, 0.2) is 0 Å². The smallest absolute Gasteiger partial charge is 0.220 e. The zero-order valence-corrected chi connectivity index (χ0v) is 11.6. The Hall–Kier alpha value is -0.650. The lowest BCUT2D eigenvalue weighted by atomic mass is 9.87. The number of carbonyl (C=O) groups is 1. The molecule has 19 heavy (non-hydrogen) atoms. The molecule has 3 aliphatic rings. The molecule has 0 aliphatic carbocycles. The third-order valence-electron chi connectivity index (χ3n) is 5.15. The maximum Gasteiger partial charge on any atom is 0.220 e. The number of carbonyl (C=O) groups excluding carboxylic acids is 1. The minimum atomic E-state index is -0.128. The van der Waals surface area contributed by atoms with Crippen molar-refractivity contribution in [1.29, 1.82) is 0 Å². The monoisotopic (exact) mass is 267 g/mol. The van der Waals surface area contributed by atoms with Crippen molar-refractivity contribution in [2.45, 2.75) is 43.7 Å². The highest BCUT2D eigenvalue weighted by atomic mass is 16.5. The maximum atomic E-state index is 11.2. The quantitative estimate of drug-likeness (QED) is 0.744. The van der Waals surface area contributed by atoms with Gasteiger partial charge in [-0.2, -0.15) is 0 Å². The van der Waals surface area contributed by atoms with Crippen LogP contribution in [0.2, 0.25) is 0 Å². The molecule has 3 heterocycles. The molecule has 0 aromatic heterocycles. The number of ether oxygens (including phenoxy) is 1. The van der Waals surface area contributed by atoms with Crippen molar-refractivity contribution < 1.29 is 9.53 Å². The van der Waals surface area contributed by atoms with Gasteiger partial charge in [-0.3, -0.25) is 9.69 Å². The Labute approximate surface area is 114 Å². The molecule has 5 heteroatoms. The number of nitrogens with two attached hydrogens (primary N) is 1. The molecule has 1 atom stereocenters. The van der Waals surface area contributed by atoms with Crippen LogP contribution in [-0.4, -0.2) is 55.2 Å². The summed E-state index contributed by atoms with van der Waals surface area (Å²) in [6.45, 7) is 5.01. The van der Waals surface area contributed by atoms with Crippen molar-refractivity contribution in [1.82, 2.24) is 10.2 Å². The first-order valence-corrected chi connectivity index (χ1v) is 7.57.